The van der Waals surface area contributed by atoms with Crippen molar-refractivity contribution in [2.24, 2.45) is 0 Å². The Balaban J connectivity index is 1.99. The minimum atomic E-state index is -4.29. The number of ether oxygens (including phenoxy) is 1. The normalized spacial score (nSPS) is 18.4. The van der Waals surface area contributed by atoms with Crippen LogP contribution in [-0.2, 0) is 10.9 Å². The zero-order valence-electron chi connectivity index (χ0n) is 9.95. The standard InChI is InChI=1S/C15H11F3O/c16-15(17,18)11-7-5-10(6-8-11)12-3-1-2-4-13(12)14-9-19-14/h1-8,14H,9H2. The Labute approximate surface area is 108 Å². The van der Waals surface area contributed by atoms with E-state index in [1.165, 1.54) is 12.1 Å². The highest BCUT2D eigenvalue weighted by Crippen LogP contribution is 2.38. The van der Waals surface area contributed by atoms with E-state index in [-0.39, 0.29) is 6.10 Å². The second-order valence-corrected chi connectivity index (χ2v) is 4.48. The van der Waals surface area contributed by atoms with E-state index in [2.05, 4.69) is 0 Å². The zero-order chi connectivity index (χ0) is 13.5. The molecule has 1 unspecified atom stereocenters. The average Bonchev–Trinajstić information content (AvgIpc) is 3.22. The van der Waals surface area contributed by atoms with Crippen molar-refractivity contribution >= 4 is 0 Å². The fourth-order valence-electron chi connectivity index (χ4n) is 2.11. The minimum Gasteiger partial charge on any atom is -0.368 e. The molecule has 0 N–H and O–H groups in total. The monoisotopic (exact) mass is 264 g/mol. The van der Waals surface area contributed by atoms with Crippen molar-refractivity contribution in [3.05, 3.63) is 59.7 Å². The Kier molecular flexibility index (Phi) is 2.82. The van der Waals surface area contributed by atoms with Crippen LogP contribution in [0.4, 0.5) is 13.2 Å². The second kappa shape index (κ2) is 4.38. The Morgan fingerprint density at radius 2 is 1.58 bits per heavy atom. The summed E-state index contributed by atoms with van der Waals surface area (Å²) in [6, 6.07) is 12.9. The summed E-state index contributed by atoms with van der Waals surface area (Å²) in [5.74, 6) is 0. The first kappa shape index (κ1) is 12.2. The predicted octanol–water partition coefficient (Wildman–Crippen LogP) is 4.44. The molecule has 4 heteroatoms. The second-order valence-electron chi connectivity index (χ2n) is 4.48. The van der Waals surface area contributed by atoms with Crippen molar-refractivity contribution in [3.8, 4) is 11.1 Å². The molecule has 0 aromatic heterocycles. The smallest absolute Gasteiger partial charge is 0.368 e. The molecule has 2 aromatic carbocycles. The molecule has 0 saturated carbocycles. The third kappa shape index (κ3) is 2.49. The SMILES string of the molecule is FC(F)(F)c1ccc(-c2ccccc2C2CO2)cc1. The molecule has 0 spiro atoms. The van der Waals surface area contributed by atoms with Gasteiger partial charge in [-0.1, -0.05) is 36.4 Å². The van der Waals surface area contributed by atoms with Crippen LogP contribution in [-0.4, -0.2) is 6.61 Å². The van der Waals surface area contributed by atoms with Gasteiger partial charge in [0.05, 0.1) is 12.2 Å². The van der Waals surface area contributed by atoms with Gasteiger partial charge in [-0.3, -0.25) is 0 Å². The van der Waals surface area contributed by atoms with E-state index in [4.69, 9.17) is 4.74 Å². The quantitative estimate of drug-likeness (QED) is 0.730. The van der Waals surface area contributed by atoms with Crippen molar-refractivity contribution in [1.29, 1.82) is 0 Å². The molecule has 0 aliphatic carbocycles. The van der Waals surface area contributed by atoms with E-state index in [1.807, 2.05) is 24.3 Å². The first-order valence-electron chi connectivity index (χ1n) is 5.94. The largest absolute Gasteiger partial charge is 0.416 e. The highest BCUT2D eigenvalue weighted by Gasteiger charge is 2.30. The summed E-state index contributed by atoms with van der Waals surface area (Å²) in [5.41, 5.74) is 2.11. The first-order chi connectivity index (χ1) is 9.05. The molecule has 3 rings (SSSR count). The van der Waals surface area contributed by atoms with E-state index < -0.39 is 11.7 Å². The number of halogens is 3. The molecule has 1 nitrogen and oxygen atoms in total. The third-order valence-electron chi connectivity index (χ3n) is 3.16. The van der Waals surface area contributed by atoms with Crippen molar-refractivity contribution in [2.45, 2.75) is 12.3 Å². The molecular formula is C15H11F3O. The van der Waals surface area contributed by atoms with Crippen LogP contribution in [0.1, 0.15) is 17.2 Å². The molecular weight excluding hydrogens is 253 g/mol. The maximum absolute atomic E-state index is 12.5. The van der Waals surface area contributed by atoms with Gasteiger partial charge in [0.1, 0.15) is 6.10 Å². The molecule has 1 aliphatic heterocycles. The van der Waals surface area contributed by atoms with E-state index >= 15 is 0 Å². The molecule has 0 radical (unpaired) electrons. The highest BCUT2D eigenvalue weighted by atomic mass is 19.4. The average molecular weight is 264 g/mol. The van der Waals surface area contributed by atoms with Gasteiger partial charge in [0.2, 0.25) is 0 Å². The number of epoxide rings is 1. The van der Waals surface area contributed by atoms with Gasteiger partial charge in [-0.05, 0) is 28.8 Å². The molecule has 1 fully saturated rings. The summed E-state index contributed by atoms with van der Waals surface area (Å²) >= 11 is 0. The molecule has 0 amide bonds. The first-order valence-corrected chi connectivity index (χ1v) is 5.94. The van der Waals surface area contributed by atoms with Gasteiger partial charge in [0, 0.05) is 0 Å². The van der Waals surface area contributed by atoms with Crippen LogP contribution in [0.2, 0.25) is 0 Å². The van der Waals surface area contributed by atoms with Gasteiger partial charge in [0.25, 0.3) is 0 Å². The Bertz CT molecular complexity index is 583. The van der Waals surface area contributed by atoms with Gasteiger partial charge in [-0.15, -0.1) is 0 Å². The van der Waals surface area contributed by atoms with Crippen LogP contribution in [0.15, 0.2) is 48.5 Å². The molecule has 1 atom stereocenters. The fourth-order valence-corrected chi connectivity index (χ4v) is 2.11. The van der Waals surface area contributed by atoms with Gasteiger partial charge in [0.15, 0.2) is 0 Å². The van der Waals surface area contributed by atoms with Crippen LogP contribution >= 0.6 is 0 Å². The van der Waals surface area contributed by atoms with Gasteiger partial charge < -0.3 is 4.74 Å². The number of benzene rings is 2. The molecule has 1 saturated heterocycles. The van der Waals surface area contributed by atoms with Crippen LogP contribution in [0.5, 0.6) is 0 Å². The van der Waals surface area contributed by atoms with Crippen LogP contribution in [0, 0.1) is 0 Å². The maximum atomic E-state index is 12.5. The molecule has 98 valence electrons. The van der Waals surface area contributed by atoms with Gasteiger partial charge in [-0.2, -0.15) is 13.2 Å². The van der Waals surface area contributed by atoms with E-state index in [1.54, 1.807) is 0 Å². The van der Waals surface area contributed by atoms with Crippen LogP contribution < -0.4 is 0 Å². The van der Waals surface area contributed by atoms with Gasteiger partial charge >= 0.3 is 6.18 Å². The number of hydrogen-bond donors (Lipinski definition) is 0. The Hall–Kier alpha value is -1.81. The van der Waals surface area contributed by atoms with Crippen molar-refractivity contribution in [3.63, 3.8) is 0 Å². The van der Waals surface area contributed by atoms with E-state index in [0.717, 1.165) is 28.8 Å². The lowest BCUT2D eigenvalue weighted by atomic mass is 9.97. The maximum Gasteiger partial charge on any atom is 0.416 e. The molecule has 19 heavy (non-hydrogen) atoms. The zero-order valence-corrected chi connectivity index (χ0v) is 9.95. The van der Waals surface area contributed by atoms with Gasteiger partial charge in [-0.25, -0.2) is 0 Å². The topological polar surface area (TPSA) is 12.5 Å². The van der Waals surface area contributed by atoms with Crippen LogP contribution in [0.3, 0.4) is 0 Å². The summed E-state index contributed by atoms with van der Waals surface area (Å²) < 4.78 is 42.8. The number of rotatable bonds is 2. The molecule has 1 aliphatic rings. The lowest BCUT2D eigenvalue weighted by Crippen LogP contribution is -2.04. The summed E-state index contributed by atoms with van der Waals surface area (Å²) in [6.45, 7) is 0.678. The molecule has 2 aromatic rings. The van der Waals surface area contributed by atoms with E-state index in [9.17, 15) is 13.2 Å². The Morgan fingerprint density at radius 1 is 0.947 bits per heavy atom. The van der Waals surface area contributed by atoms with Crippen molar-refractivity contribution < 1.29 is 17.9 Å². The van der Waals surface area contributed by atoms with Crippen molar-refractivity contribution in [2.75, 3.05) is 6.61 Å². The molecule has 1 heterocycles. The van der Waals surface area contributed by atoms with E-state index in [0.29, 0.717) is 6.61 Å². The third-order valence-corrected chi connectivity index (χ3v) is 3.16. The highest BCUT2D eigenvalue weighted by molar-refractivity contribution is 5.68. The summed E-state index contributed by atoms with van der Waals surface area (Å²) in [5, 5.41) is 0. The summed E-state index contributed by atoms with van der Waals surface area (Å²) in [7, 11) is 0. The predicted molar refractivity (Wildman–Crippen MR) is 65.6 cm³/mol. The summed E-state index contributed by atoms with van der Waals surface area (Å²) in [4.78, 5) is 0. The van der Waals surface area contributed by atoms with Crippen molar-refractivity contribution in [1.82, 2.24) is 0 Å². The Morgan fingerprint density at radius 3 is 2.16 bits per heavy atom. The fraction of sp³-hybridized carbons (Fsp3) is 0.200. The lowest BCUT2D eigenvalue weighted by molar-refractivity contribution is -0.137. The number of hydrogen-bond acceptors (Lipinski definition) is 1. The number of alkyl halides is 3. The lowest BCUT2D eigenvalue weighted by Gasteiger charge is -2.10. The van der Waals surface area contributed by atoms with Crippen LogP contribution in [0.25, 0.3) is 11.1 Å². The summed E-state index contributed by atoms with van der Waals surface area (Å²) in [6.07, 6.45) is -4.21. The molecule has 0 bridgehead atoms. The minimum absolute atomic E-state index is 0.0819.